The molecular weight excluding hydrogens is 238 g/mol. The fourth-order valence-corrected chi connectivity index (χ4v) is 2.91. The van der Waals surface area contributed by atoms with Crippen LogP contribution in [0.25, 0.3) is 0 Å². The lowest BCUT2D eigenvalue weighted by atomic mass is 9.98. The SMILES string of the molecule is CCC1CCCC(Nc2cccc(C(=O)O)c2)CC1. The summed E-state index contributed by atoms with van der Waals surface area (Å²) < 4.78 is 0. The van der Waals surface area contributed by atoms with Crippen molar-refractivity contribution in [1.29, 1.82) is 0 Å². The highest BCUT2D eigenvalue weighted by Gasteiger charge is 2.17. The number of rotatable bonds is 4. The largest absolute Gasteiger partial charge is 0.478 e. The lowest BCUT2D eigenvalue weighted by Gasteiger charge is -2.18. The number of carboxylic acids is 1. The van der Waals surface area contributed by atoms with Crippen LogP contribution in [0, 0.1) is 5.92 Å². The van der Waals surface area contributed by atoms with Crippen LogP contribution in [0.2, 0.25) is 0 Å². The van der Waals surface area contributed by atoms with Crippen molar-refractivity contribution in [1.82, 2.24) is 0 Å². The van der Waals surface area contributed by atoms with Crippen LogP contribution in [0.5, 0.6) is 0 Å². The Morgan fingerprint density at radius 2 is 2.16 bits per heavy atom. The summed E-state index contributed by atoms with van der Waals surface area (Å²) in [5.41, 5.74) is 1.28. The van der Waals surface area contributed by atoms with E-state index in [2.05, 4.69) is 12.2 Å². The molecule has 2 atom stereocenters. The van der Waals surface area contributed by atoms with Crippen molar-refractivity contribution in [2.24, 2.45) is 5.92 Å². The van der Waals surface area contributed by atoms with E-state index in [1.807, 2.05) is 6.07 Å². The molecule has 0 heterocycles. The summed E-state index contributed by atoms with van der Waals surface area (Å²) in [6.45, 7) is 2.27. The molecule has 1 aliphatic carbocycles. The quantitative estimate of drug-likeness (QED) is 0.800. The molecule has 19 heavy (non-hydrogen) atoms. The van der Waals surface area contributed by atoms with E-state index >= 15 is 0 Å². The smallest absolute Gasteiger partial charge is 0.335 e. The van der Waals surface area contributed by atoms with E-state index in [9.17, 15) is 4.79 Å². The Morgan fingerprint density at radius 1 is 1.32 bits per heavy atom. The van der Waals surface area contributed by atoms with E-state index in [4.69, 9.17) is 5.11 Å². The minimum atomic E-state index is -0.865. The van der Waals surface area contributed by atoms with Crippen molar-refractivity contribution in [2.45, 2.75) is 51.5 Å². The third-order valence-corrected chi connectivity index (χ3v) is 4.15. The second-order valence-electron chi connectivity index (χ2n) is 5.51. The van der Waals surface area contributed by atoms with Crippen LogP contribution < -0.4 is 5.32 Å². The van der Waals surface area contributed by atoms with E-state index < -0.39 is 5.97 Å². The van der Waals surface area contributed by atoms with Gasteiger partial charge in [-0.1, -0.05) is 32.3 Å². The number of aromatic carboxylic acids is 1. The zero-order valence-electron chi connectivity index (χ0n) is 11.6. The molecule has 0 spiro atoms. The van der Waals surface area contributed by atoms with E-state index in [1.165, 1.54) is 38.5 Å². The van der Waals surface area contributed by atoms with E-state index in [-0.39, 0.29) is 0 Å². The molecule has 0 saturated heterocycles. The summed E-state index contributed by atoms with van der Waals surface area (Å²) in [5, 5.41) is 12.5. The van der Waals surface area contributed by atoms with Crippen LogP contribution in [0.4, 0.5) is 5.69 Å². The Bertz CT molecular complexity index is 431. The van der Waals surface area contributed by atoms with E-state index in [0.717, 1.165) is 11.6 Å². The molecule has 2 N–H and O–H groups in total. The van der Waals surface area contributed by atoms with Crippen molar-refractivity contribution in [3.63, 3.8) is 0 Å². The van der Waals surface area contributed by atoms with Gasteiger partial charge in [0.1, 0.15) is 0 Å². The van der Waals surface area contributed by atoms with Crippen molar-refractivity contribution in [3.8, 4) is 0 Å². The summed E-state index contributed by atoms with van der Waals surface area (Å²) in [7, 11) is 0. The van der Waals surface area contributed by atoms with Gasteiger partial charge in [0.2, 0.25) is 0 Å². The van der Waals surface area contributed by atoms with Crippen LogP contribution in [0.3, 0.4) is 0 Å². The van der Waals surface area contributed by atoms with Gasteiger partial charge in [-0.2, -0.15) is 0 Å². The molecule has 0 aromatic heterocycles. The standard InChI is InChI=1S/C16H23NO2/c1-2-12-5-3-7-14(10-9-12)17-15-8-4-6-13(11-15)16(18)19/h4,6,8,11-12,14,17H,2-3,5,7,9-10H2,1H3,(H,18,19). The van der Waals surface area contributed by atoms with Gasteiger partial charge in [0.25, 0.3) is 0 Å². The van der Waals surface area contributed by atoms with Gasteiger partial charge in [-0.25, -0.2) is 4.79 Å². The molecule has 2 unspecified atom stereocenters. The lowest BCUT2D eigenvalue weighted by Crippen LogP contribution is -2.18. The van der Waals surface area contributed by atoms with Gasteiger partial charge in [0, 0.05) is 11.7 Å². The van der Waals surface area contributed by atoms with Crippen LogP contribution in [-0.4, -0.2) is 17.1 Å². The number of nitrogens with one attached hydrogen (secondary N) is 1. The van der Waals surface area contributed by atoms with E-state index in [1.54, 1.807) is 18.2 Å². The highest BCUT2D eigenvalue weighted by Crippen LogP contribution is 2.27. The molecule has 0 aliphatic heterocycles. The van der Waals surface area contributed by atoms with Crippen LogP contribution >= 0.6 is 0 Å². The molecule has 1 aromatic carbocycles. The van der Waals surface area contributed by atoms with Gasteiger partial charge in [0.15, 0.2) is 0 Å². The van der Waals surface area contributed by atoms with Gasteiger partial charge in [-0.3, -0.25) is 0 Å². The summed E-state index contributed by atoms with van der Waals surface area (Å²) in [6, 6.07) is 7.60. The predicted octanol–water partition coefficient (Wildman–Crippen LogP) is 4.16. The lowest BCUT2D eigenvalue weighted by molar-refractivity contribution is 0.0697. The molecule has 1 aliphatic rings. The zero-order chi connectivity index (χ0) is 13.7. The zero-order valence-corrected chi connectivity index (χ0v) is 11.6. The van der Waals surface area contributed by atoms with E-state index in [0.29, 0.717) is 11.6 Å². The second-order valence-corrected chi connectivity index (χ2v) is 5.51. The van der Waals surface area contributed by atoms with Crippen LogP contribution in [0.1, 0.15) is 55.8 Å². The monoisotopic (exact) mass is 261 g/mol. The molecular formula is C16H23NO2. The molecule has 1 aromatic rings. The average Bonchev–Trinajstić information content (AvgIpc) is 2.64. The maximum absolute atomic E-state index is 11.0. The minimum Gasteiger partial charge on any atom is -0.478 e. The topological polar surface area (TPSA) is 49.3 Å². The van der Waals surface area contributed by atoms with Gasteiger partial charge >= 0.3 is 5.97 Å². The third-order valence-electron chi connectivity index (χ3n) is 4.15. The number of carboxylic acid groups (broad SMARTS) is 1. The first kappa shape index (κ1) is 13.9. The molecule has 1 saturated carbocycles. The Hall–Kier alpha value is -1.51. The Kier molecular flexibility index (Phi) is 4.83. The van der Waals surface area contributed by atoms with Gasteiger partial charge in [-0.05, 0) is 43.4 Å². The number of anilines is 1. The third kappa shape index (κ3) is 3.98. The normalized spacial score (nSPS) is 23.6. The first-order valence-electron chi connectivity index (χ1n) is 7.29. The molecule has 0 amide bonds. The fourth-order valence-electron chi connectivity index (χ4n) is 2.91. The molecule has 3 nitrogen and oxygen atoms in total. The molecule has 0 bridgehead atoms. The number of hydrogen-bond donors (Lipinski definition) is 2. The second kappa shape index (κ2) is 6.60. The summed E-state index contributed by atoms with van der Waals surface area (Å²) in [6.07, 6.45) is 7.55. The van der Waals surface area contributed by atoms with Crippen molar-refractivity contribution in [3.05, 3.63) is 29.8 Å². The highest BCUT2D eigenvalue weighted by atomic mass is 16.4. The highest BCUT2D eigenvalue weighted by molar-refractivity contribution is 5.88. The Labute approximate surface area is 115 Å². The van der Waals surface area contributed by atoms with Gasteiger partial charge in [0.05, 0.1) is 5.56 Å². The maximum Gasteiger partial charge on any atom is 0.335 e. The van der Waals surface area contributed by atoms with Gasteiger partial charge < -0.3 is 10.4 Å². The van der Waals surface area contributed by atoms with Crippen molar-refractivity contribution in [2.75, 3.05) is 5.32 Å². The number of benzene rings is 1. The predicted molar refractivity (Wildman–Crippen MR) is 77.7 cm³/mol. The van der Waals surface area contributed by atoms with Crippen LogP contribution in [0.15, 0.2) is 24.3 Å². The molecule has 1 fully saturated rings. The molecule has 0 radical (unpaired) electrons. The maximum atomic E-state index is 11.0. The van der Waals surface area contributed by atoms with Crippen LogP contribution in [-0.2, 0) is 0 Å². The number of carbonyl (C=O) groups is 1. The first-order chi connectivity index (χ1) is 9.19. The Morgan fingerprint density at radius 3 is 2.89 bits per heavy atom. The summed E-state index contributed by atoms with van der Waals surface area (Å²) >= 11 is 0. The van der Waals surface area contributed by atoms with Gasteiger partial charge in [-0.15, -0.1) is 0 Å². The summed E-state index contributed by atoms with van der Waals surface area (Å²) in [4.78, 5) is 11.0. The fraction of sp³-hybridized carbons (Fsp3) is 0.562. The summed E-state index contributed by atoms with van der Waals surface area (Å²) in [5.74, 6) is 0.00715. The Balaban J connectivity index is 1.97. The van der Waals surface area contributed by atoms with Crippen molar-refractivity contribution >= 4 is 11.7 Å². The van der Waals surface area contributed by atoms with Crippen molar-refractivity contribution < 1.29 is 9.90 Å². The minimum absolute atomic E-state index is 0.352. The number of hydrogen-bond acceptors (Lipinski definition) is 2. The first-order valence-corrected chi connectivity index (χ1v) is 7.29. The average molecular weight is 261 g/mol. The molecule has 2 rings (SSSR count). The molecule has 104 valence electrons. The molecule has 3 heteroatoms.